The topological polar surface area (TPSA) is 81.5 Å². The molecule has 1 aliphatic rings. The number of methoxy groups -OCH3 is 1. The lowest BCUT2D eigenvalue weighted by Crippen LogP contribution is -2.41. The number of anilines is 1. The number of rotatable bonds is 5. The number of carbonyl (C=O) groups excluding carboxylic acids is 1. The van der Waals surface area contributed by atoms with Crippen molar-refractivity contribution in [3.8, 4) is 5.75 Å². The molecule has 2 heterocycles. The SMILES string of the molecule is COc1ccc(CN2C(=O)C(c3nc4ccccc4n3S(=O)(=O)C(F)(F)F)[C]c3cc(Cl)ccc32)cc1. The molecule has 1 unspecified atom stereocenters. The van der Waals surface area contributed by atoms with Crippen LogP contribution in [0.4, 0.5) is 18.9 Å². The Labute approximate surface area is 215 Å². The van der Waals surface area contributed by atoms with E-state index < -0.39 is 33.2 Å². The minimum Gasteiger partial charge on any atom is -0.497 e. The summed E-state index contributed by atoms with van der Waals surface area (Å²) >= 11 is 6.15. The molecule has 12 heteroatoms. The molecule has 0 aliphatic carbocycles. The van der Waals surface area contributed by atoms with Gasteiger partial charge in [0.25, 0.3) is 0 Å². The van der Waals surface area contributed by atoms with Crippen LogP contribution in [0.1, 0.15) is 22.9 Å². The van der Waals surface area contributed by atoms with E-state index >= 15 is 0 Å². The molecule has 0 fully saturated rings. The van der Waals surface area contributed by atoms with Gasteiger partial charge < -0.3 is 9.64 Å². The first-order valence-corrected chi connectivity index (χ1v) is 12.6. The first-order chi connectivity index (χ1) is 17.5. The van der Waals surface area contributed by atoms with Gasteiger partial charge in [0.1, 0.15) is 17.5 Å². The van der Waals surface area contributed by atoms with Crippen LogP contribution in [0.5, 0.6) is 5.75 Å². The average molecular weight is 548 g/mol. The van der Waals surface area contributed by atoms with E-state index in [4.69, 9.17) is 16.3 Å². The van der Waals surface area contributed by atoms with Crippen molar-refractivity contribution in [2.45, 2.75) is 18.0 Å². The first-order valence-electron chi connectivity index (χ1n) is 10.8. The van der Waals surface area contributed by atoms with Gasteiger partial charge >= 0.3 is 15.5 Å². The molecule has 0 saturated carbocycles. The van der Waals surface area contributed by atoms with E-state index in [-0.39, 0.29) is 21.6 Å². The van der Waals surface area contributed by atoms with Crippen molar-refractivity contribution < 1.29 is 31.1 Å². The minimum absolute atomic E-state index is 0.0153. The van der Waals surface area contributed by atoms with Gasteiger partial charge in [0.2, 0.25) is 5.91 Å². The quantitative estimate of drug-likeness (QED) is 0.345. The van der Waals surface area contributed by atoms with Crippen LogP contribution in [-0.2, 0) is 21.4 Å². The lowest BCUT2D eigenvalue weighted by Gasteiger charge is -2.34. The molecule has 4 aromatic rings. The fourth-order valence-electron chi connectivity index (χ4n) is 4.16. The second-order valence-corrected chi connectivity index (χ2v) is 10.4. The number of amides is 1. The van der Waals surface area contributed by atoms with E-state index in [1.165, 1.54) is 42.3 Å². The number of fused-ring (bicyclic) bond motifs is 2. The van der Waals surface area contributed by atoms with Crippen LogP contribution < -0.4 is 9.64 Å². The molecule has 5 rings (SSSR count). The summed E-state index contributed by atoms with van der Waals surface area (Å²) in [7, 11) is -4.41. The number of para-hydroxylation sites is 2. The van der Waals surface area contributed by atoms with E-state index in [2.05, 4.69) is 11.4 Å². The highest BCUT2D eigenvalue weighted by molar-refractivity contribution is 7.91. The van der Waals surface area contributed by atoms with Gasteiger partial charge in [-0.15, -0.1) is 0 Å². The number of imidazole rings is 1. The van der Waals surface area contributed by atoms with Crippen molar-refractivity contribution in [1.82, 2.24) is 8.96 Å². The van der Waals surface area contributed by atoms with Crippen LogP contribution in [-0.4, -0.2) is 35.9 Å². The average Bonchev–Trinajstić information content (AvgIpc) is 3.25. The molecule has 37 heavy (non-hydrogen) atoms. The van der Waals surface area contributed by atoms with Gasteiger partial charge in [-0.05, 0) is 53.6 Å². The molecule has 0 N–H and O–H groups in total. The van der Waals surface area contributed by atoms with Crippen LogP contribution in [0.2, 0.25) is 5.02 Å². The Hall–Kier alpha value is -3.57. The molecular formula is C25H17ClF3N3O4S. The third kappa shape index (κ3) is 4.31. The Bertz CT molecular complexity index is 1620. The summed E-state index contributed by atoms with van der Waals surface area (Å²) in [5.41, 5.74) is -4.50. The minimum atomic E-state index is -5.93. The van der Waals surface area contributed by atoms with Crippen molar-refractivity contribution in [1.29, 1.82) is 0 Å². The summed E-state index contributed by atoms with van der Waals surface area (Å²) in [6, 6.07) is 17.0. The smallest absolute Gasteiger partial charge is 0.497 e. The zero-order chi connectivity index (χ0) is 26.5. The van der Waals surface area contributed by atoms with Crippen LogP contribution in [0.3, 0.4) is 0 Å². The summed E-state index contributed by atoms with van der Waals surface area (Å²) < 4.78 is 71.7. The van der Waals surface area contributed by atoms with Crippen LogP contribution >= 0.6 is 11.6 Å². The van der Waals surface area contributed by atoms with E-state index in [0.29, 0.717) is 27.6 Å². The van der Waals surface area contributed by atoms with Crippen molar-refractivity contribution in [3.05, 3.63) is 95.1 Å². The van der Waals surface area contributed by atoms with Gasteiger partial charge in [-0.2, -0.15) is 21.6 Å². The summed E-state index contributed by atoms with van der Waals surface area (Å²) in [5.74, 6) is -2.27. The van der Waals surface area contributed by atoms with Crippen molar-refractivity contribution >= 4 is 44.3 Å². The molecule has 0 bridgehead atoms. The highest BCUT2D eigenvalue weighted by atomic mass is 35.5. The largest absolute Gasteiger partial charge is 0.517 e. The summed E-state index contributed by atoms with van der Waals surface area (Å²) in [6.07, 6.45) is 2.85. The van der Waals surface area contributed by atoms with E-state index in [9.17, 15) is 26.4 Å². The Morgan fingerprint density at radius 1 is 1.08 bits per heavy atom. The first kappa shape index (κ1) is 25.1. The third-order valence-corrected chi connectivity index (χ3v) is 7.58. The number of halogens is 4. The molecule has 0 spiro atoms. The highest BCUT2D eigenvalue weighted by Gasteiger charge is 2.51. The van der Waals surface area contributed by atoms with Gasteiger partial charge in [0, 0.05) is 17.1 Å². The molecule has 190 valence electrons. The molecule has 1 aliphatic heterocycles. The summed E-state index contributed by atoms with van der Waals surface area (Å²) in [4.78, 5) is 19.3. The summed E-state index contributed by atoms with van der Waals surface area (Å²) in [6.45, 7) is 0.0435. The maximum Gasteiger partial charge on any atom is 0.517 e. The fraction of sp³-hybridized carbons (Fsp3) is 0.160. The predicted octanol–water partition coefficient (Wildman–Crippen LogP) is 5.16. The van der Waals surface area contributed by atoms with Gasteiger partial charge in [0.05, 0.1) is 24.7 Å². The normalized spacial score (nSPS) is 16.2. The maximum absolute atomic E-state index is 13.8. The molecule has 1 amide bonds. The van der Waals surface area contributed by atoms with Gasteiger partial charge in [0.15, 0.2) is 0 Å². The Kier molecular flexibility index (Phi) is 6.15. The van der Waals surface area contributed by atoms with Crippen LogP contribution in [0, 0.1) is 6.42 Å². The second-order valence-electron chi connectivity index (χ2n) is 8.19. The van der Waals surface area contributed by atoms with Crippen LogP contribution in [0.25, 0.3) is 11.0 Å². The second kappa shape index (κ2) is 9.07. The van der Waals surface area contributed by atoms with Gasteiger partial charge in [-0.1, -0.05) is 35.9 Å². The molecular weight excluding hydrogens is 531 g/mol. The lowest BCUT2D eigenvalue weighted by atomic mass is 9.90. The number of hydrogen-bond acceptors (Lipinski definition) is 5. The standard InChI is InChI=1S/C25H17ClF3N3O4S/c1-36-18-9-6-15(7-10-18)14-31-21-11-8-17(26)12-16(21)13-19(24(31)33)23-30-20-4-2-3-5-22(20)32(23)37(34,35)25(27,28)29/h2-12,19H,14H2,1H3. The van der Waals surface area contributed by atoms with Gasteiger partial charge in [-0.25, -0.2) is 8.96 Å². The molecule has 7 nitrogen and oxygen atoms in total. The van der Waals surface area contributed by atoms with E-state index in [0.717, 1.165) is 0 Å². The van der Waals surface area contributed by atoms with Crippen LogP contribution in [0.15, 0.2) is 66.7 Å². The number of ether oxygens (including phenoxy) is 1. The fourth-order valence-corrected chi connectivity index (χ4v) is 5.35. The molecule has 2 radical (unpaired) electrons. The number of hydrogen-bond donors (Lipinski definition) is 0. The summed E-state index contributed by atoms with van der Waals surface area (Å²) in [5, 5.41) is 0.306. The van der Waals surface area contributed by atoms with Crippen molar-refractivity contribution in [2.24, 2.45) is 0 Å². The Balaban J connectivity index is 1.67. The highest BCUT2D eigenvalue weighted by Crippen LogP contribution is 2.41. The number of carbonyl (C=O) groups is 1. The molecule has 1 atom stereocenters. The Morgan fingerprint density at radius 3 is 2.46 bits per heavy atom. The molecule has 1 aromatic heterocycles. The number of benzene rings is 3. The predicted molar refractivity (Wildman–Crippen MR) is 131 cm³/mol. The Morgan fingerprint density at radius 2 is 1.78 bits per heavy atom. The number of aromatic nitrogens is 2. The van der Waals surface area contributed by atoms with Crippen molar-refractivity contribution in [3.63, 3.8) is 0 Å². The molecule has 0 saturated heterocycles. The van der Waals surface area contributed by atoms with Crippen molar-refractivity contribution in [2.75, 3.05) is 12.0 Å². The lowest BCUT2D eigenvalue weighted by molar-refractivity contribution is -0.119. The number of alkyl halides is 3. The molecule has 3 aromatic carbocycles. The monoisotopic (exact) mass is 547 g/mol. The third-order valence-electron chi connectivity index (χ3n) is 5.90. The maximum atomic E-state index is 13.8. The zero-order valence-electron chi connectivity index (χ0n) is 19.0. The number of nitrogens with zero attached hydrogens (tertiary/aromatic N) is 3. The zero-order valence-corrected chi connectivity index (χ0v) is 20.6. The van der Waals surface area contributed by atoms with E-state index in [1.54, 1.807) is 36.4 Å². The van der Waals surface area contributed by atoms with E-state index in [1.807, 2.05) is 0 Å². The van der Waals surface area contributed by atoms with Gasteiger partial charge in [-0.3, -0.25) is 4.79 Å².